The van der Waals surface area contributed by atoms with Crippen LogP contribution in [0.2, 0.25) is 0 Å². The van der Waals surface area contributed by atoms with Crippen LogP contribution in [0.4, 0.5) is 0 Å². The van der Waals surface area contributed by atoms with E-state index in [1.165, 1.54) is 43.5 Å². The highest BCUT2D eigenvalue weighted by Gasteiger charge is 2.32. The van der Waals surface area contributed by atoms with Gasteiger partial charge >= 0.3 is 0 Å². The van der Waals surface area contributed by atoms with Gasteiger partial charge in [-0.3, -0.25) is 4.90 Å². The van der Waals surface area contributed by atoms with E-state index in [9.17, 15) is 0 Å². The highest BCUT2D eigenvalue weighted by atomic mass is 15.2. The van der Waals surface area contributed by atoms with Gasteiger partial charge in [0, 0.05) is 12.1 Å². The smallest absolute Gasteiger partial charge is 0.0369 e. The largest absolute Gasteiger partial charge is 0.324 e. The van der Waals surface area contributed by atoms with Crippen molar-refractivity contribution < 1.29 is 0 Å². The van der Waals surface area contributed by atoms with Gasteiger partial charge in [-0.15, -0.1) is 0 Å². The summed E-state index contributed by atoms with van der Waals surface area (Å²) in [6, 6.07) is 9.57. The van der Waals surface area contributed by atoms with Gasteiger partial charge in [0.15, 0.2) is 0 Å². The van der Waals surface area contributed by atoms with Crippen LogP contribution in [0.15, 0.2) is 24.3 Å². The van der Waals surface area contributed by atoms with E-state index in [4.69, 9.17) is 5.73 Å². The summed E-state index contributed by atoms with van der Waals surface area (Å²) in [5.41, 5.74) is 9.14. The van der Waals surface area contributed by atoms with E-state index >= 15 is 0 Å². The highest BCUT2D eigenvalue weighted by molar-refractivity contribution is 5.37. The summed E-state index contributed by atoms with van der Waals surface area (Å²) in [5.74, 6) is 0.889. The standard InChI is InChI=1S/C16H24N2/c1-12-5-4-9-18(10-8-12)16-11-15(17)13-6-2-3-7-14(13)16/h2-3,6-7,12,15-16H,4-5,8-11,17H2,1H3. The number of likely N-dealkylation sites (tertiary alicyclic amines) is 1. The van der Waals surface area contributed by atoms with Crippen molar-refractivity contribution in [3.05, 3.63) is 35.4 Å². The van der Waals surface area contributed by atoms with Crippen molar-refractivity contribution in [1.82, 2.24) is 4.90 Å². The third-order valence-corrected chi connectivity index (χ3v) is 4.72. The Hall–Kier alpha value is -0.860. The second-order valence-corrected chi connectivity index (χ2v) is 6.06. The Balaban J connectivity index is 1.81. The van der Waals surface area contributed by atoms with E-state index in [2.05, 4.69) is 36.1 Å². The predicted molar refractivity (Wildman–Crippen MR) is 75.3 cm³/mol. The molecular weight excluding hydrogens is 220 g/mol. The predicted octanol–water partition coefficient (Wildman–Crippen LogP) is 3.25. The van der Waals surface area contributed by atoms with Crippen LogP contribution in [-0.4, -0.2) is 18.0 Å². The molecule has 98 valence electrons. The summed E-state index contributed by atoms with van der Waals surface area (Å²) < 4.78 is 0. The van der Waals surface area contributed by atoms with Crippen molar-refractivity contribution in [3.63, 3.8) is 0 Å². The Labute approximate surface area is 110 Å². The summed E-state index contributed by atoms with van der Waals surface area (Å²) in [6.07, 6.45) is 5.17. The molecule has 1 fully saturated rings. The van der Waals surface area contributed by atoms with Crippen molar-refractivity contribution in [2.45, 2.75) is 44.7 Å². The average molecular weight is 244 g/mol. The van der Waals surface area contributed by atoms with Crippen molar-refractivity contribution in [1.29, 1.82) is 0 Å². The number of benzene rings is 1. The fourth-order valence-corrected chi connectivity index (χ4v) is 3.59. The molecule has 3 rings (SSSR count). The number of hydrogen-bond donors (Lipinski definition) is 1. The van der Waals surface area contributed by atoms with E-state index < -0.39 is 0 Å². The first-order valence-electron chi connectivity index (χ1n) is 7.34. The minimum Gasteiger partial charge on any atom is -0.324 e. The second-order valence-electron chi connectivity index (χ2n) is 6.06. The maximum absolute atomic E-state index is 6.28. The molecule has 1 aliphatic heterocycles. The third kappa shape index (κ3) is 2.19. The van der Waals surface area contributed by atoms with Crippen LogP contribution in [0.5, 0.6) is 0 Å². The minimum absolute atomic E-state index is 0.242. The SMILES string of the molecule is CC1CCCN(C2CC(N)c3ccccc32)CC1. The van der Waals surface area contributed by atoms with Crippen LogP contribution >= 0.6 is 0 Å². The summed E-state index contributed by atoms with van der Waals surface area (Å²) in [5, 5.41) is 0. The molecule has 0 spiro atoms. The lowest BCUT2D eigenvalue weighted by molar-refractivity contribution is 0.197. The van der Waals surface area contributed by atoms with Gasteiger partial charge in [-0.2, -0.15) is 0 Å². The van der Waals surface area contributed by atoms with Gasteiger partial charge in [0.05, 0.1) is 0 Å². The lowest BCUT2D eigenvalue weighted by atomic mass is 10.0. The molecule has 2 N–H and O–H groups in total. The van der Waals surface area contributed by atoms with Crippen LogP contribution in [0, 0.1) is 5.92 Å². The Morgan fingerprint density at radius 1 is 1.11 bits per heavy atom. The summed E-state index contributed by atoms with van der Waals surface area (Å²) in [6.45, 7) is 4.88. The third-order valence-electron chi connectivity index (χ3n) is 4.72. The van der Waals surface area contributed by atoms with E-state index in [-0.39, 0.29) is 6.04 Å². The summed E-state index contributed by atoms with van der Waals surface area (Å²) >= 11 is 0. The molecule has 1 heterocycles. The first-order chi connectivity index (χ1) is 8.75. The molecule has 18 heavy (non-hydrogen) atoms. The van der Waals surface area contributed by atoms with E-state index in [0.29, 0.717) is 6.04 Å². The normalized spacial score (nSPS) is 33.1. The van der Waals surface area contributed by atoms with Gasteiger partial charge in [-0.1, -0.05) is 31.2 Å². The Kier molecular flexibility index (Phi) is 3.40. The van der Waals surface area contributed by atoms with Crippen LogP contribution in [0.3, 0.4) is 0 Å². The molecule has 2 nitrogen and oxygen atoms in total. The number of nitrogens with two attached hydrogens (primary N) is 1. The van der Waals surface area contributed by atoms with Crippen molar-refractivity contribution in [2.24, 2.45) is 11.7 Å². The molecule has 2 aliphatic rings. The highest BCUT2D eigenvalue weighted by Crippen LogP contribution is 2.41. The Morgan fingerprint density at radius 3 is 2.72 bits per heavy atom. The minimum atomic E-state index is 0.242. The van der Waals surface area contributed by atoms with Crippen LogP contribution in [-0.2, 0) is 0 Å². The second kappa shape index (κ2) is 5.02. The van der Waals surface area contributed by atoms with Crippen molar-refractivity contribution in [3.8, 4) is 0 Å². The zero-order valence-electron chi connectivity index (χ0n) is 11.3. The van der Waals surface area contributed by atoms with Gasteiger partial charge in [-0.05, 0) is 55.8 Å². The van der Waals surface area contributed by atoms with Gasteiger partial charge in [0.25, 0.3) is 0 Å². The monoisotopic (exact) mass is 244 g/mol. The summed E-state index contributed by atoms with van der Waals surface area (Å²) in [4.78, 5) is 2.68. The molecule has 3 unspecified atom stereocenters. The molecule has 0 saturated carbocycles. The maximum atomic E-state index is 6.28. The quantitative estimate of drug-likeness (QED) is 0.821. The first-order valence-corrected chi connectivity index (χ1v) is 7.34. The van der Waals surface area contributed by atoms with Crippen molar-refractivity contribution >= 4 is 0 Å². The molecule has 1 aliphatic carbocycles. The average Bonchev–Trinajstić information content (AvgIpc) is 2.57. The summed E-state index contributed by atoms with van der Waals surface area (Å²) in [7, 11) is 0. The molecular formula is C16H24N2. The Morgan fingerprint density at radius 2 is 1.89 bits per heavy atom. The van der Waals surface area contributed by atoms with Crippen LogP contribution in [0.1, 0.15) is 55.8 Å². The van der Waals surface area contributed by atoms with Gasteiger partial charge in [0.1, 0.15) is 0 Å². The van der Waals surface area contributed by atoms with E-state index in [0.717, 1.165) is 12.3 Å². The maximum Gasteiger partial charge on any atom is 0.0369 e. The first kappa shape index (κ1) is 12.2. The topological polar surface area (TPSA) is 29.3 Å². The molecule has 0 radical (unpaired) electrons. The fourth-order valence-electron chi connectivity index (χ4n) is 3.59. The van der Waals surface area contributed by atoms with Crippen LogP contribution in [0.25, 0.3) is 0 Å². The van der Waals surface area contributed by atoms with Crippen LogP contribution < -0.4 is 5.73 Å². The van der Waals surface area contributed by atoms with Gasteiger partial charge < -0.3 is 5.73 Å². The lowest BCUT2D eigenvalue weighted by Crippen LogP contribution is -2.29. The molecule has 0 aromatic heterocycles. The molecule has 0 bridgehead atoms. The number of rotatable bonds is 1. The number of nitrogens with zero attached hydrogens (tertiary/aromatic N) is 1. The lowest BCUT2D eigenvalue weighted by Gasteiger charge is -2.28. The molecule has 2 heteroatoms. The van der Waals surface area contributed by atoms with Crippen molar-refractivity contribution in [2.75, 3.05) is 13.1 Å². The molecule has 1 aromatic rings. The fraction of sp³-hybridized carbons (Fsp3) is 0.625. The number of fused-ring (bicyclic) bond motifs is 1. The molecule has 0 amide bonds. The molecule has 1 saturated heterocycles. The zero-order valence-corrected chi connectivity index (χ0v) is 11.3. The number of hydrogen-bond acceptors (Lipinski definition) is 2. The van der Waals surface area contributed by atoms with E-state index in [1.807, 2.05) is 0 Å². The van der Waals surface area contributed by atoms with E-state index in [1.54, 1.807) is 0 Å². The van der Waals surface area contributed by atoms with Gasteiger partial charge in [-0.25, -0.2) is 0 Å². The Bertz CT molecular complexity index is 415. The molecule has 1 aromatic carbocycles. The van der Waals surface area contributed by atoms with Gasteiger partial charge in [0.2, 0.25) is 0 Å². The molecule has 3 atom stereocenters. The zero-order chi connectivity index (χ0) is 12.5.